The Kier molecular flexibility index (Phi) is 5.49. The molecule has 0 aliphatic heterocycles. The summed E-state index contributed by atoms with van der Waals surface area (Å²) < 4.78 is 5.17. The van der Waals surface area contributed by atoms with Crippen molar-refractivity contribution in [3.05, 3.63) is 70.2 Å². The molecule has 1 aromatic carbocycles. The molecule has 2 rings (SSSR count). The molecule has 0 bridgehead atoms. The molecule has 1 unspecified atom stereocenters. The van der Waals surface area contributed by atoms with E-state index in [1.54, 1.807) is 37.3 Å². The average molecular weight is 330 g/mol. The van der Waals surface area contributed by atoms with Crippen LogP contribution in [0, 0.1) is 10.1 Å². The van der Waals surface area contributed by atoms with Crippen LogP contribution in [-0.2, 0) is 11.2 Å². The van der Waals surface area contributed by atoms with Gasteiger partial charge in [-0.15, -0.1) is 0 Å². The monoisotopic (exact) mass is 330 g/mol. The van der Waals surface area contributed by atoms with Gasteiger partial charge < -0.3 is 14.8 Å². The first-order valence-electron chi connectivity index (χ1n) is 7.31. The van der Waals surface area contributed by atoms with Crippen molar-refractivity contribution >= 4 is 17.7 Å². The third kappa shape index (κ3) is 5.36. The van der Waals surface area contributed by atoms with Crippen molar-refractivity contribution in [3.8, 4) is 0 Å². The Morgan fingerprint density at radius 1 is 1.38 bits per heavy atom. The third-order valence-corrected chi connectivity index (χ3v) is 3.31. The van der Waals surface area contributed by atoms with Gasteiger partial charge in [0.15, 0.2) is 0 Å². The number of hydrogen-bond acceptors (Lipinski definition) is 5. The van der Waals surface area contributed by atoms with Gasteiger partial charge >= 0.3 is 0 Å². The Morgan fingerprint density at radius 2 is 2.08 bits per heavy atom. The van der Waals surface area contributed by atoms with Crippen molar-refractivity contribution in [1.29, 1.82) is 0 Å². The molecule has 2 aromatic rings. The molecule has 2 N–H and O–H groups in total. The molecule has 126 valence electrons. The summed E-state index contributed by atoms with van der Waals surface area (Å²) in [7, 11) is 0. The number of nitrogens with one attached hydrogen (secondary N) is 1. The average Bonchev–Trinajstić information content (AvgIpc) is 3.03. The van der Waals surface area contributed by atoms with Crippen LogP contribution in [0.4, 0.5) is 5.69 Å². The van der Waals surface area contributed by atoms with Gasteiger partial charge in [-0.2, -0.15) is 0 Å². The lowest BCUT2D eigenvalue weighted by atomic mass is 10.0. The number of non-ortho nitro benzene ring substituents is 1. The summed E-state index contributed by atoms with van der Waals surface area (Å²) in [5, 5.41) is 23.4. The Morgan fingerprint density at radius 3 is 2.67 bits per heavy atom. The molecular weight excluding hydrogens is 312 g/mol. The van der Waals surface area contributed by atoms with Gasteiger partial charge in [-0.3, -0.25) is 14.9 Å². The fourth-order valence-electron chi connectivity index (χ4n) is 2.07. The quantitative estimate of drug-likeness (QED) is 0.460. The first kappa shape index (κ1) is 17.4. The summed E-state index contributed by atoms with van der Waals surface area (Å²) in [6, 6.07) is 9.32. The number of carbonyl (C=O) groups is 1. The number of amides is 1. The minimum Gasteiger partial charge on any atom is -0.469 e. The molecule has 0 spiro atoms. The summed E-state index contributed by atoms with van der Waals surface area (Å²) in [4.78, 5) is 21.9. The number of nitrogens with zero attached hydrogens (tertiary/aromatic N) is 1. The van der Waals surface area contributed by atoms with Crippen LogP contribution in [0.1, 0.15) is 18.2 Å². The number of hydrogen-bond donors (Lipinski definition) is 2. The van der Waals surface area contributed by atoms with Gasteiger partial charge in [0.25, 0.3) is 5.69 Å². The molecule has 0 aliphatic carbocycles. The van der Waals surface area contributed by atoms with E-state index in [1.165, 1.54) is 24.5 Å². The highest BCUT2D eigenvalue weighted by atomic mass is 16.6. The smallest absolute Gasteiger partial charge is 0.269 e. The lowest BCUT2D eigenvalue weighted by molar-refractivity contribution is -0.384. The highest BCUT2D eigenvalue weighted by Gasteiger charge is 2.22. The molecule has 1 atom stereocenters. The van der Waals surface area contributed by atoms with Crippen LogP contribution in [0.2, 0.25) is 0 Å². The largest absolute Gasteiger partial charge is 0.469 e. The lowest BCUT2D eigenvalue weighted by Crippen LogP contribution is -2.41. The van der Waals surface area contributed by atoms with E-state index in [9.17, 15) is 20.0 Å². The van der Waals surface area contributed by atoms with Gasteiger partial charge in [0.05, 0.1) is 16.8 Å². The predicted molar refractivity (Wildman–Crippen MR) is 88.2 cm³/mol. The molecule has 1 aromatic heterocycles. The normalized spacial score (nSPS) is 13.6. The SMILES string of the molecule is CC(O)(CNC(=O)/C=C/c1ccc([N+](=O)[O-])cc1)Cc1ccco1. The van der Waals surface area contributed by atoms with Crippen LogP contribution in [-0.4, -0.2) is 28.1 Å². The van der Waals surface area contributed by atoms with Crippen LogP contribution in [0.25, 0.3) is 6.08 Å². The summed E-state index contributed by atoms with van der Waals surface area (Å²) in [6.45, 7) is 1.67. The van der Waals surface area contributed by atoms with E-state index >= 15 is 0 Å². The van der Waals surface area contributed by atoms with E-state index in [2.05, 4.69) is 5.32 Å². The number of carbonyl (C=O) groups excluding carboxylic acids is 1. The second-order valence-electron chi connectivity index (χ2n) is 5.65. The first-order chi connectivity index (χ1) is 11.4. The molecule has 0 saturated heterocycles. The van der Waals surface area contributed by atoms with Crippen molar-refractivity contribution in [2.75, 3.05) is 6.54 Å². The molecule has 1 amide bonds. The molecule has 0 fully saturated rings. The van der Waals surface area contributed by atoms with E-state index in [0.29, 0.717) is 11.3 Å². The maximum atomic E-state index is 11.8. The number of benzene rings is 1. The van der Waals surface area contributed by atoms with Crippen molar-refractivity contribution in [1.82, 2.24) is 5.32 Å². The predicted octanol–water partition coefficient (Wildman–Crippen LogP) is 2.31. The highest BCUT2D eigenvalue weighted by Crippen LogP contribution is 2.14. The lowest BCUT2D eigenvalue weighted by Gasteiger charge is -2.22. The van der Waals surface area contributed by atoms with Crippen LogP contribution in [0.3, 0.4) is 0 Å². The van der Waals surface area contributed by atoms with Crippen LogP contribution in [0.5, 0.6) is 0 Å². The molecule has 7 heteroatoms. The third-order valence-electron chi connectivity index (χ3n) is 3.31. The number of nitro benzene ring substituents is 1. The number of furan rings is 1. The second kappa shape index (κ2) is 7.56. The minimum absolute atomic E-state index is 0.00873. The Balaban J connectivity index is 1.84. The molecule has 0 radical (unpaired) electrons. The number of nitro groups is 1. The van der Waals surface area contributed by atoms with Gasteiger partial charge in [-0.1, -0.05) is 0 Å². The van der Waals surface area contributed by atoms with E-state index in [4.69, 9.17) is 4.42 Å². The van der Waals surface area contributed by atoms with Gasteiger partial charge in [-0.05, 0) is 42.8 Å². The number of rotatable bonds is 7. The molecular formula is C17H18N2O5. The summed E-state index contributed by atoms with van der Waals surface area (Å²) >= 11 is 0. The zero-order valence-electron chi connectivity index (χ0n) is 13.1. The van der Waals surface area contributed by atoms with Crippen LogP contribution in [0.15, 0.2) is 53.2 Å². The standard InChI is InChI=1S/C17H18N2O5/c1-17(21,11-15-3-2-10-24-15)12-18-16(20)9-6-13-4-7-14(8-5-13)19(22)23/h2-10,21H,11-12H2,1H3,(H,18,20)/b9-6+. The summed E-state index contributed by atoms with van der Waals surface area (Å²) in [5.74, 6) is 0.267. The zero-order chi connectivity index (χ0) is 17.6. The molecule has 7 nitrogen and oxygen atoms in total. The van der Waals surface area contributed by atoms with Gasteiger partial charge in [-0.25, -0.2) is 0 Å². The molecule has 24 heavy (non-hydrogen) atoms. The fourth-order valence-corrected chi connectivity index (χ4v) is 2.07. The van der Waals surface area contributed by atoms with Crippen molar-refractivity contribution in [2.45, 2.75) is 18.9 Å². The van der Waals surface area contributed by atoms with Crippen LogP contribution >= 0.6 is 0 Å². The Hall–Kier alpha value is -2.93. The van der Waals surface area contributed by atoms with Crippen molar-refractivity contribution in [2.24, 2.45) is 0 Å². The molecule has 0 saturated carbocycles. The van der Waals surface area contributed by atoms with Gasteiger partial charge in [0, 0.05) is 31.2 Å². The Labute approximate surface area is 138 Å². The van der Waals surface area contributed by atoms with E-state index in [1.807, 2.05) is 0 Å². The van der Waals surface area contributed by atoms with Gasteiger partial charge in [0.2, 0.25) is 5.91 Å². The topological polar surface area (TPSA) is 106 Å². The van der Waals surface area contributed by atoms with E-state index in [0.717, 1.165) is 0 Å². The minimum atomic E-state index is -1.13. The van der Waals surface area contributed by atoms with Crippen molar-refractivity contribution < 1.29 is 19.2 Å². The van der Waals surface area contributed by atoms with E-state index < -0.39 is 10.5 Å². The molecule has 1 heterocycles. The van der Waals surface area contributed by atoms with Crippen molar-refractivity contribution in [3.63, 3.8) is 0 Å². The Bertz CT molecular complexity index is 718. The zero-order valence-corrected chi connectivity index (χ0v) is 13.1. The summed E-state index contributed by atoms with van der Waals surface area (Å²) in [5.41, 5.74) is -0.474. The maximum absolute atomic E-state index is 11.8. The maximum Gasteiger partial charge on any atom is 0.269 e. The van der Waals surface area contributed by atoms with Crippen LogP contribution < -0.4 is 5.32 Å². The second-order valence-corrected chi connectivity index (χ2v) is 5.65. The molecule has 0 aliphatic rings. The first-order valence-corrected chi connectivity index (χ1v) is 7.31. The van der Waals surface area contributed by atoms with Gasteiger partial charge in [0.1, 0.15) is 5.76 Å². The fraction of sp³-hybridized carbons (Fsp3) is 0.235. The van der Waals surface area contributed by atoms with E-state index in [-0.39, 0.29) is 24.6 Å². The highest BCUT2D eigenvalue weighted by molar-refractivity contribution is 5.91. The number of aliphatic hydroxyl groups is 1. The summed E-state index contributed by atoms with van der Waals surface area (Å²) in [6.07, 6.45) is 4.66.